The first-order valence-corrected chi connectivity index (χ1v) is 7.30. The third-order valence-electron chi connectivity index (χ3n) is 3.43. The van der Waals surface area contributed by atoms with Crippen LogP contribution < -0.4 is 5.32 Å². The number of carbonyl (C=O) groups is 2. The van der Waals surface area contributed by atoms with Gasteiger partial charge in [0.2, 0.25) is 5.91 Å². The van der Waals surface area contributed by atoms with E-state index in [-0.39, 0.29) is 29.3 Å². The first-order valence-electron chi connectivity index (χ1n) is 7.30. The quantitative estimate of drug-likeness (QED) is 0.824. The van der Waals surface area contributed by atoms with Crippen LogP contribution in [0, 0.1) is 5.92 Å². The molecule has 0 spiro atoms. The van der Waals surface area contributed by atoms with Crippen molar-refractivity contribution in [3.8, 4) is 0 Å². The summed E-state index contributed by atoms with van der Waals surface area (Å²) in [4.78, 5) is 25.7. The molecule has 116 valence electrons. The summed E-state index contributed by atoms with van der Waals surface area (Å²) < 4.78 is 5.82. The molecule has 0 aromatic rings. The van der Waals surface area contributed by atoms with Crippen LogP contribution in [0.15, 0.2) is 0 Å². The number of hydrogen-bond donors (Lipinski definition) is 1. The Balaban J connectivity index is 2.55. The molecule has 1 aliphatic rings. The molecule has 2 unspecified atom stereocenters. The van der Waals surface area contributed by atoms with Gasteiger partial charge in [-0.05, 0) is 33.6 Å². The second-order valence-electron chi connectivity index (χ2n) is 6.76. The molecule has 1 aliphatic heterocycles. The zero-order valence-electron chi connectivity index (χ0n) is 13.5. The number of carbonyl (C=O) groups excluding carboxylic acids is 2. The van der Waals surface area contributed by atoms with E-state index in [1.54, 1.807) is 0 Å². The van der Waals surface area contributed by atoms with Gasteiger partial charge in [0.25, 0.3) is 0 Å². The Morgan fingerprint density at radius 2 is 2.00 bits per heavy atom. The fourth-order valence-corrected chi connectivity index (χ4v) is 2.87. The van der Waals surface area contributed by atoms with Crippen LogP contribution >= 0.6 is 0 Å². The van der Waals surface area contributed by atoms with E-state index in [9.17, 15) is 9.59 Å². The summed E-state index contributed by atoms with van der Waals surface area (Å²) in [6.45, 7) is 13.2. The standard InChI is InChI=1S/C15H28N2O3/c1-10(2)14(12(4)18)16-13(19)8-17-7-11(3)20-15(5,6)9-17/h10-11,14H,7-9H2,1-6H3,(H,16,19). The maximum absolute atomic E-state index is 12.1. The minimum atomic E-state index is -0.394. The van der Waals surface area contributed by atoms with Crippen molar-refractivity contribution >= 4 is 11.7 Å². The van der Waals surface area contributed by atoms with Crippen LogP contribution in [-0.2, 0) is 14.3 Å². The molecule has 0 saturated carbocycles. The summed E-state index contributed by atoms with van der Waals surface area (Å²) in [7, 11) is 0. The molecule has 0 aromatic heterocycles. The third-order valence-corrected chi connectivity index (χ3v) is 3.43. The number of rotatable bonds is 5. The molecule has 0 radical (unpaired) electrons. The lowest BCUT2D eigenvalue weighted by molar-refractivity contribution is -0.141. The highest BCUT2D eigenvalue weighted by atomic mass is 16.5. The summed E-state index contributed by atoms with van der Waals surface area (Å²) in [5, 5.41) is 2.83. The normalized spacial score (nSPS) is 24.4. The third kappa shape index (κ3) is 5.21. The summed E-state index contributed by atoms with van der Waals surface area (Å²) in [5.74, 6) is 0.0179. The summed E-state index contributed by atoms with van der Waals surface area (Å²) >= 11 is 0. The molecule has 1 N–H and O–H groups in total. The summed E-state index contributed by atoms with van der Waals surface area (Å²) in [5.41, 5.74) is -0.240. The van der Waals surface area contributed by atoms with Crippen LogP contribution in [0.5, 0.6) is 0 Å². The largest absolute Gasteiger partial charge is 0.370 e. The SMILES string of the molecule is CC(=O)C(NC(=O)CN1CC(C)OC(C)(C)C1)C(C)C. The average Bonchev–Trinajstić information content (AvgIpc) is 2.21. The molecule has 0 aromatic carbocycles. The molecule has 5 heteroatoms. The van der Waals surface area contributed by atoms with Crippen LogP contribution in [0.4, 0.5) is 0 Å². The van der Waals surface area contributed by atoms with Gasteiger partial charge in [-0.2, -0.15) is 0 Å². The molecule has 0 aliphatic carbocycles. The number of hydrogen-bond acceptors (Lipinski definition) is 4. The van der Waals surface area contributed by atoms with E-state index in [1.807, 2.05) is 34.6 Å². The molecule has 20 heavy (non-hydrogen) atoms. The molecular weight excluding hydrogens is 256 g/mol. The predicted octanol–water partition coefficient (Wildman–Crippen LogP) is 1.22. The number of nitrogens with zero attached hydrogens (tertiary/aromatic N) is 1. The van der Waals surface area contributed by atoms with Gasteiger partial charge in [0.15, 0.2) is 5.78 Å². The predicted molar refractivity (Wildman–Crippen MR) is 78.5 cm³/mol. The number of morpholine rings is 1. The lowest BCUT2D eigenvalue weighted by Gasteiger charge is -2.41. The van der Waals surface area contributed by atoms with E-state index in [0.717, 1.165) is 13.1 Å². The van der Waals surface area contributed by atoms with Gasteiger partial charge in [-0.15, -0.1) is 0 Å². The maximum Gasteiger partial charge on any atom is 0.234 e. The van der Waals surface area contributed by atoms with Crippen LogP contribution in [-0.4, -0.2) is 54.0 Å². The van der Waals surface area contributed by atoms with Crippen LogP contribution in [0.2, 0.25) is 0 Å². The van der Waals surface area contributed by atoms with Crippen molar-refractivity contribution in [2.75, 3.05) is 19.6 Å². The lowest BCUT2D eigenvalue weighted by Crippen LogP contribution is -2.55. The zero-order chi connectivity index (χ0) is 15.5. The second-order valence-corrected chi connectivity index (χ2v) is 6.76. The van der Waals surface area contributed by atoms with Gasteiger partial charge >= 0.3 is 0 Å². The highest BCUT2D eigenvalue weighted by Crippen LogP contribution is 2.20. The van der Waals surface area contributed by atoms with Gasteiger partial charge in [0.1, 0.15) is 0 Å². The fraction of sp³-hybridized carbons (Fsp3) is 0.867. The van der Waals surface area contributed by atoms with Crippen LogP contribution in [0.3, 0.4) is 0 Å². The monoisotopic (exact) mass is 284 g/mol. The first kappa shape index (κ1) is 17.1. The van der Waals surface area contributed by atoms with Crippen molar-refractivity contribution in [2.45, 2.75) is 59.3 Å². The number of amides is 1. The topological polar surface area (TPSA) is 58.6 Å². The van der Waals surface area contributed by atoms with Gasteiger partial charge in [-0.3, -0.25) is 14.5 Å². The number of ether oxygens (including phenoxy) is 1. The molecule has 1 rings (SSSR count). The Morgan fingerprint density at radius 3 is 2.45 bits per heavy atom. The minimum absolute atomic E-state index is 0.00373. The molecule has 0 bridgehead atoms. The Hall–Kier alpha value is -0.940. The highest BCUT2D eigenvalue weighted by Gasteiger charge is 2.32. The number of Topliss-reactive ketones (excluding diaryl/α,β-unsaturated/α-hetero) is 1. The first-order chi connectivity index (χ1) is 9.10. The van der Waals surface area contributed by atoms with Crippen LogP contribution in [0.1, 0.15) is 41.5 Å². The molecule has 1 saturated heterocycles. The summed E-state index contributed by atoms with van der Waals surface area (Å²) in [6, 6.07) is -0.394. The van der Waals surface area contributed by atoms with Gasteiger partial charge in [0, 0.05) is 13.1 Å². The molecule has 2 atom stereocenters. The molecule has 1 fully saturated rings. The number of ketones is 1. The zero-order valence-corrected chi connectivity index (χ0v) is 13.5. The van der Waals surface area contributed by atoms with Crippen molar-refractivity contribution in [2.24, 2.45) is 5.92 Å². The molecule has 5 nitrogen and oxygen atoms in total. The highest BCUT2D eigenvalue weighted by molar-refractivity contribution is 5.88. The second kappa shape index (κ2) is 6.68. The van der Waals surface area contributed by atoms with Gasteiger partial charge < -0.3 is 10.1 Å². The fourth-order valence-electron chi connectivity index (χ4n) is 2.87. The Labute approximate surface area is 122 Å². The number of nitrogens with one attached hydrogen (secondary N) is 1. The minimum Gasteiger partial charge on any atom is -0.370 e. The van der Waals surface area contributed by atoms with E-state index in [4.69, 9.17) is 4.74 Å². The van der Waals surface area contributed by atoms with E-state index < -0.39 is 6.04 Å². The van der Waals surface area contributed by atoms with E-state index in [2.05, 4.69) is 10.2 Å². The average molecular weight is 284 g/mol. The maximum atomic E-state index is 12.1. The summed E-state index contributed by atoms with van der Waals surface area (Å²) in [6.07, 6.45) is 0.111. The lowest BCUT2D eigenvalue weighted by atomic mass is 10.0. The van der Waals surface area contributed by atoms with E-state index in [1.165, 1.54) is 6.92 Å². The van der Waals surface area contributed by atoms with Crippen molar-refractivity contribution in [3.63, 3.8) is 0 Å². The smallest absolute Gasteiger partial charge is 0.234 e. The Kier molecular flexibility index (Phi) is 5.71. The van der Waals surface area contributed by atoms with Crippen molar-refractivity contribution in [1.82, 2.24) is 10.2 Å². The van der Waals surface area contributed by atoms with E-state index >= 15 is 0 Å². The van der Waals surface area contributed by atoms with E-state index in [0.29, 0.717) is 6.54 Å². The van der Waals surface area contributed by atoms with Gasteiger partial charge in [-0.25, -0.2) is 0 Å². The van der Waals surface area contributed by atoms with Crippen molar-refractivity contribution < 1.29 is 14.3 Å². The van der Waals surface area contributed by atoms with Gasteiger partial charge in [-0.1, -0.05) is 13.8 Å². The molecule has 1 amide bonds. The molecule has 1 heterocycles. The van der Waals surface area contributed by atoms with Crippen molar-refractivity contribution in [1.29, 1.82) is 0 Å². The van der Waals surface area contributed by atoms with Gasteiger partial charge in [0.05, 0.1) is 24.3 Å². The van der Waals surface area contributed by atoms with Crippen LogP contribution in [0.25, 0.3) is 0 Å². The molecular formula is C15H28N2O3. The van der Waals surface area contributed by atoms with Crippen molar-refractivity contribution in [3.05, 3.63) is 0 Å². The Bertz CT molecular complexity index is 366. The Morgan fingerprint density at radius 1 is 1.40 bits per heavy atom.